The van der Waals surface area contributed by atoms with Gasteiger partial charge in [-0.25, -0.2) is 0 Å². The topological polar surface area (TPSA) is 74.5 Å². The highest BCUT2D eigenvalue weighted by Crippen LogP contribution is 2.34. The van der Waals surface area contributed by atoms with Gasteiger partial charge in [0.15, 0.2) is 5.78 Å². The predicted molar refractivity (Wildman–Crippen MR) is 140 cm³/mol. The van der Waals surface area contributed by atoms with Gasteiger partial charge < -0.3 is 13.9 Å². The molecule has 0 radical (unpaired) electrons. The molecule has 0 bridgehead atoms. The maximum atomic E-state index is 13.6. The van der Waals surface area contributed by atoms with Gasteiger partial charge in [-0.1, -0.05) is 62.0 Å². The number of carbonyl (C=O) groups is 1. The van der Waals surface area contributed by atoms with Gasteiger partial charge in [0.25, 0.3) is 5.89 Å². The Balaban J connectivity index is 1.62. The molecule has 0 aliphatic rings. The Bertz CT molecular complexity index is 1430. The van der Waals surface area contributed by atoms with E-state index in [9.17, 15) is 13.6 Å². The first-order valence-electron chi connectivity index (χ1n) is 12.2. The zero-order valence-electron chi connectivity index (χ0n) is 21.2. The molecule has 0 atom stereocenters. The molecule has 8 heteroatoms. The second-order valence-electron chi connectivity index (χ2n) is 8.58. The van der Waals surface area contributed by atoms with E-state index in [1.54, 1.807) is 25.3 Å². The summed E-state index contributed by atoms with van der Waals surface area (Å²) in [4.78, 5) is 13.6. The SMILES string of the molecule is C=C(Cc1ccccc1-c1ccccc1OCCOC)C(=O)c1cc(-c2nnc(C(F)F)o2)ccc1CC. The Morgan fingerprint density at radius 3 is 2.42 bits per heavy atom. The maximum absolute atomic E-state index is 13.6. The van der Waals surface area contributed by atoms with Crippen LogP contribution in [0.5, 0.6) is 5.75 Å². The molecule has 0 saturated heterocycles. The van der Waals surface area contributed by atoms with Crippen molar-refractivity contribution in [1.29, 1.82) is 0 Å². The van der Waals surface area contributed by atoms with E-state index in [0.717, 1.165) is 28.0 Å². The van der Waals surface area contributed by atoms with Crippen LogP contribution in [0.25, 0.3) is 22.6 Å². The van der Waals surface area contributed by atoms with Gasteiger partial charge in [-0.05, 0) is 46.9 Å². The van der Waals surface area contributed by atoms with E-state index in [2.05, 4.69) is 16.8 Å². The van der Waals surface area contributed by atoms with Gasteiger partial charge in [0.2, 0.25) is 5.89 Å². The number of aryl methyl sites for hydroxylation is 1. The molecular formula is C30H28F2N2O4. The third-order valence-corrected chi connectivity index (χ3v) is 6.07. The van der Waals surface area contributed by atoms with Gasteiger partial charge in [0.1, 0.15) is 12.4 Å². The summed E-state index contributed by atoms with van der Waals surface area (Å²) in [5.41, 5.74) is 4.76. The highest BCUT2D eigenvalue weighted by Gasteiger charge is 2.21. The van der Waals surface area contributed by atoms with Crippen molar-refractivity contribution in [2.75, 3.05) is 20.3 Å². The van der Waals surface area contributed by atoms with Crippen LogP contribution >= 0.6 is 0 Å². The number of halogens is 2. The standard InChI is InChI=1S/C30H28F2N2O4/c1-4-20-13-14-22(29-33-34-30(38-29)28(31)32)18-25(20)27(35)19(2)17-21-9-5-6-10-23(21)24-11-7-8-12-26(24)37-16-15-36-3/h5-14,18,28H,2,4,15-17H2,1,3H3. The molecule has 0 spiro atoms. The fourth-order valence-corrected chi connectivity index (χ4v) is 4.16. The van der Waals surface area contributed by atoms with Gasteiger partial charge >= 0.3 is 6.43 Å². The Morgan fingerprint density at radius 1 is 0.974 bits per heavy atom. The number of carbonyl (C=O) groups excluding carboxylic acids is 1. The number of hydrogen-bond donors (Lipinski definition) is 0. The third kappa shape index (κ3) is 6.03. The number of allylic oxidation sites excluding steroid dienone is 1. The summed E-state index contributed by atoms with van der Waals surface area (Å²) in [7, 11) is 1.62. The number of ether oxygens (including phenoxy) is 2. The Hall–Kier alpha value is -4.17. The second kappa shape index (κ2) is 12.4. The molecule has 0 unspecified atom stereocenters. The summed E-state index contributed by atoms with van der Waals surface area (Å²) >= 11 is 0. The van der Waals surface area contributed by atoms with Gasteiger partial charge in [0, 0.05) is 30.2 Å². The van der Waals surface area contributed by atoms with E-state index in [4.69, 9.17) is 13.9 Å². The molecule has 0 aliphatic heterocycles. The molecule has 0 fully saturated rings. The minimum Gasteiger partial charge on any atom is -0.491 e. The molecule has 1 aromatic heterocycles. The first-order chi connectivity index (χ1) is 18.4. The fraction of sp³-hybridized carbons (Fsp3) is 0.233. The zero-order chi connectivity index (χ0) is 27.1. The molecule has 38 heavy (non-hydrogen) atoms. The zero-order valence-corrected chi connectivity index (χ0v) is 21.2. The minimum atomic E-state index is -2.87. The van der Waals surface area contributed by atoms with Crippen molar-refractivity contribution >= 4 is 5.78 Å². The summed E-state index contributed by atoms with van der Waals surface area (Å²) in [6.07, 6.45) is -1.96. The van der Waals surface area contributed by atoms with Crippen molar-refractivity contribution in [3.63, 3.8) is 0 Å². The van der Waals surface area contributed by atoms with Crippen LogP contribution in [0.4, 0.5) is 8.78 Å². The number of benzene rings is 3. The van der Waals surface area contributed by atoms with Crippen molar-refractivity contribution in [3.05, 3.63) is 101 Å². The molecule has 6 nitrogen and oxygen atoms in total. The Labute approximate surface area is 219 Å². The normalized spacial score (nSPS) is 11.1. The summed E-state index contributed by atoms with van der Waals surface area (Å²) in [5.74, 6) is -0.354. The van der Waals surface area contributed by atoms with Crippen LogP contribution in [0.1, 0.15) is 40.7 Å². The average Bonchev–Trinajstić information content (AvgIpc) is 3.44. The number of hydrogen-bond acceptors (Lipinski definition) is 6. The van der Waals surface area contributed by atoms with E-state index in [1.165, 1.54) is 0 Å². The number of aromatic nitrogens is 2. The lowest BCUT2D eigenvalue weighted by Gasteiger charge is -2.16. The molecule has 4 aromatic rings. The molecule has 0 N–H and O–H groups in total. The molecule has 0 amide bonds. The molecule has 4 rings (SSSR count). The molecule has 0 saturated carbocycles. The van der Waals surface area contributed by atoms with Crippen molar-refractivity contribution in [2.24, 2.45) is 0 Å². The highest BCUT2D eigenvalue weighted by atomic mass is 19.3. The van der Waals surface area contributed by atoms with Gasteiger partial charge in [-0.3, -0.25) is 4.79 Å². The fourth-order valence-electron chi connectivity index (χ4n) is 4.16. The lowest BCUT2D eigenvalue weighted by Crippen LogP contribution is -2.09. The van der Waals surface area contributed by atoms with E-state index >= 15 is 0 Å². The number of para-hydroxylation sites is 1. The number of Topliss-reactive ketones (excluding diaryl/α,β-unsaturated/α-hetero) is 1. The number of nitrogens with zero attached hydrogens (tertiary/aromatic N) is 2. The lowest BCUT2D eigenvalue weighted by molar-refractivity contribution is 0.103. The summed E-state index contributed by atoms with van der Waals surface area (Å²) in [6, 6.07) is 20.6. The maximum Gasteiger partial charge on any atom is 0.314 e. The quantitative estimate of drug-likeness (QED) is 0.115. The van der Waals surface area contributed by atoms with E-state index < -0.39 is 12.3 Å². The predicted octanol–water partition coefficient (Wildman–Crippen LogP) is 6.91. The van der Waals surface area contributed by atoms with Crippen LogP contribution < -0.4 is 4.74 Å². The first kappa shape index (κ1) is 26.9. The van der Waals surface area contributed by atoms with E-state index in [-0.39, 0.29) is 11.7 Å². The summed E-state index contributed by atoms with van der Waals surface area (Å²) < 4.78 is 41.9. The Morgan fingerprint density at radius 2 is 1.71 bits per heavy atom. The van der Waals surface area contributed by atoms with Crippen molar-refractivity contribution < 1.29 is 27.5 Å². The monoisotopic (exact) mass is 518 g/mol. The average molecular weight is 519 g/mol. The van der Waals surface area contributed by atoms with Crippen LogP contribution in [-0.4, -0.2) is 36.3 Å². The molecule has 3 aromatic carbocycles. The largest absolute Gasteiger partial charge is 0.491 e. The molecule has 196 valence electrons. The van der Waals surface area contributed by atoms with Crippen LogP contribution in [0, 0.1) is 0 Å². The summed E-state index contributed by atoms with van der Waals surface area (Å²) in [6.45, 7) is 6.92. The van der Waals surface area contributed by atoms with Gasteiger partial charge in [0.05, 0.1) is 6.61 Å². The number of rotatable bonds is 12. The van der Waals surface area contributed by atoms with Gasteiger partial charge in [-0.2, -0.15) is 8.78 Å². The smallest absolute Gasteiger partial charge is 0.314 e. The van der Waals surface area contributed by atoms with Crippen LogP contribution in [0.3, 0.4) is 0 Å². The number of ketones is 1. The van der Waals surface area contributed by atoms with Crippen LogP contribution in [0.2, 0.25) is 0 Å². The third-order valence-electron chi connectivity index (χ3n) is 6.07. The number of alkyl halides is 2. The second-order valence-corrected chi connectivity index (χ2v) is 8.58. The first-order valence-corrected chi connectivity index (χ1v) is 12.2. The van der Waals surface area contributed by atoms with Gasteiger partial charge in [-0.15, -0.1) is 10.2 Å². The summed E-state index contributed by atoms with van der Waals surface area (Å²) in [5, 5.41) is 7.09. The Kier molecular flexibility index (Phi) is 8.76. The number of methoxy groups -OCH3 is 1. The lowest BCUT2D eigenvalue weighted by atomic mass is 9.90. The van der Waals surface area contributed by atoms with Crippen LogP contribution in [0.15, 0.2) is 83.3 Å². The van der Waals surface area contributed by atoms with E-state index in [0.29, 0.717) is 42.8 Å². The van der Waals surface area contributed by atoms with Crippen molar-refractivity contribution in [2.45, 2.75) is 26.2 Å². The molecule has 0 aliphatic carbocycles. The van der Waals surface area contributed by atoms with Crippen molar-refractivity contribution in [1.82, 2.24) is 10.2 Å². The van der Waals surface area contributed by atoms with Crippen LogP contribution in [-0.2, 0) is 17.6 Å². The minimum absolute atomic E-state index is 0.0713. The molecular weight excluding hydrogens is 490 g/mol. The highest BCUT2D eigenvalue weighted by molar-refractivity contribution is 6.10. The molecule has 1 heterocycles. The van der Waals surface area contributed by atoms with Crippen molar-refractivity contribution in [3.8, 4) is 28.3 Å². The van der Waals surface area contributed by atoms with E-state index in [1.807, 2.05) is 55.5 Å².